The van der Waals surface area contributed by atoms with Crippen LogP contribution >= 0.6 is 0 Å². The SMILES string of the molecule is COCc1nc(-n2ccc3nc4ccn(CC5CCCO5)c(=O)c4cc3c2=O)n[nH]1. The third kappa shape index (κ3) is 3.19. The Labute approximate surface area is 170 Å². The summed E-state index contributed by atoms with van der Waals surface area (Å²) in [6.07, 6.45) is 5.29. The predicted molar refractivity (Wildman–Crippen MR) is 109 cm³/mol. The van der Waals surface area contributed by atoms with Crippen LogP contribution in [-0.4, -0.2) is 49.1 Å². The number of aromatic amines is 1. The molecule has 0 saturated carbocycles. The number of hydrogen-bond acceptors (Lipinski definition) is 7. The first-order valence-corrected chi connectivity index (χ1v) is 9.72. The van der Waals surface area contributed by atoms with E-state index in [9.17, 15) is 9.59 Å². The van der Waals surface area contributed by atoms with Gasteiger partial charge in [-0.05, 0) is 31.0 Å². The normalized spacial score (nSPS) is 16.6. The molecule has 1 atom stereocenters. The summed E-state index contributed by atoms with van der Waals surface area (Å²) in [6, 6.07) is 5.11. The van der Waals surface area contributed by atoms with E-state index in [1.165, 1.54) is 4.57 Å². The van der Waals surface area contributed by atoms with Crippen molar-refractivity contribution in [3.05, 3.63) is 57.1 Å². The molecule has 0 bridgehead atoms. The molecule has 154 valence electrons. The zero-order valence-electron chi connectivity index (χ0n) is 16.4. The first kappa shape index (κ1) is 18.6. The molecule has 1 saturated heterocycles. The minimum atomic E-state index is -0.348. The molecule has 5 heterocycles. The molecule has 10 heteroatoms. The van der Waals surface area contributed by atoms with Gasteiger partial charge in [0.25, 0.3) is 17.1 Å². The predicted octanol–water partition coefficient (Wildman–Crippen LogP) is 1.14. The van der Waals surface area contributed by atoms with Crippen molar-refractivity contribution in [2.45, 2.75) is 32.1 Å². The Morgan fingerprint density at radius 3 is 2.73 bits per heavy atom. The van der Waals surface area contributed by atoms with Crippen molar-refractivity contribution in [2.24, 2.45) is 0 Å². The summed E-state index contributed by atoms with van der Waals surface area (Å²) in [7, 11) is 1.55. The Balaban J connectivity index is 1.62. The average molecular weight is 408 g/mol. The largest absolute Gasteiger partial charge is 0.377 e. The van der Waals surface area contributed by atoms with Gasteiger partial charge >= 0.3 is 0 Å². The second-order valence-electron chi connectivity index (χ2n) is 7.27. The third-order valence-electron chi connectivity index (χ3n) is 5.26. The molecule has 30 heavy (non-hydrogen) atoms. The van der Waals surface area contributed by atoms with Gasteiger partial charge in [0.2, 0.25) is 0 Å². The van der Waals surface area contributed by atoms with Crippen LogP contribution in [0.25, 0.3) is 27.8 Å². The van der Waals surface area contributed by atoms with Crippen LogP contribution < -0.4 is 11.1 Å². The lowest BCUT2D eigenvalue weighted by molar-refractivity contribution is 0.0963. The van der Waals surface area contributed by atoms with Crippen molar-refractivity contribution in [2.75, 3.05) is 13.7 Å². The van der Waals surface area contributed by atoms with Crippen molar-refractivity contribution in [1.29, 1.82) is 0 Å². The molecule has 1 aliphatic heterocycles. The smallest absolute Gasteiger partial charge is 0.267 e. The van der Waals surface area contributed by atoms with Crippen LogP contribution in [0.3, 0.4) is 0 Å². The Morgan fingerprint density at radius 1 is 1.17 bits per heavy atom. The Hall–Kier alpha value is -3.37. The van der Waals surface area contributed by atoms with Crippen molar-refractivity contribution < 1.29 is 9.47 Å². The van der Waals surface area contributed by atoms with E-state index in [4.69, 9.17) is 9.47 Å². The zero-order chi connectivity index (χ0) is 20.7. The topological polar surface area (TPSA) is 117 Å². The highest BCUT2D eigenvalue weighted by Crippen LogP contribution is 2.17. The Bertz CT molecular complexity index is 1350. The average Bonchev–Trinajstić information content (AvgIpc) is 3.42. The van der Waals surface area contributed by atoms with Gasteiger partial charge in [0, 0.05) is 26.1 Å². The number of methoxy groups -OCH3 is 1. The number of pyridine rings is 3. The summed E-state index contributed by atoms with van der Waals surface area (Å²) in [4.78, 5) is 34.9. The van der Waals surface area contributed by atoms with E-state index < -0.39 is 0 Å². The lowest BCUT2D eigenvalue weighted by Gasteiger charge is -2.12. The number of hydrogen-bond donors (Lipinski definition) is 1. The van der Waals surface area contributed by atoms with E-state index in [2.05, 4.69) is 20.2 Å². The zero-order valence-corrected chi connectivity index (χ0v) is 16.4. The molecule has 5 rings (SSSR count). The summed E-state index contributed by atoms with van der Waals surface area (Å²) < 4.78 is 13.6. The van der Waals surface area contributed by atoms with E-state index in [0.717, 1.165) is 19.4 Å². The molecule has 4 aromatic rings. The summed E-state index contributed by atoms with van der Waals surface area (Å²) in [5, 5.41) is 7.53. The molecule has 1 fully saturated rings. The third-order valence-corrected chi connectivity index (χ3v) is 5.26. The molecular formula is C20H20N6O4. The van der Waals surface area contributed by atoms with Crippen molar-refractivity contribution in [3.63, 3.8) is 0 Å². The van der Waals surface area contributed by atoms with Gasteiger partial charge in [-0.1, -0.05) is 0 Å². The number of H-pyrrole nitrogens is 1. The number of aromatic nitrogens is 6. The molecule has 10 nitrogen and oxygen atoms in total. The van der Waals surface area contributed by atoms with Gasteiger partial charge in [-0.25, -0.2) is 9.55 Å². The van der Waals surface area contributed by atoms with Crippen molar-refractivity contribution in [1.82, 2.24) is 29.3 Å². The van der Waals surface area contributed by atoms with Gasteiger partial charge in [-0.2, -0.15) is 4.98 Å². The monoisotopic (exact) mass is 408 g/mol. The second kappa shape index (κ2) is 7.47. The molecule has 0 spiro atoms. The highest BCUT2D eigenvalue weighted by Gasteiger charge is 2.18. The molecule has 1 N–H and O–H groups in total. The van der Waals surface area contributed by atoms with E-state index in [1.54, 1.807) is 42.3 Å². The maximum atomic E-state index is 13.1. The molecule has 0 aliphatic carbocycles. The first-order valence-electron chi connectivity index (χ1n) is 9.72. The molecule has 1 unspecified atom stereocenters. The fourth-order valence-corrected chi connectivity index (χ4v) is 3.77. The fourth-order valence-electron chi connectivity index (χ4n) is 3.77. The maximum absolute atomic E-state index is 13.1. The number of nitrogens with one attached hydrogen (secondary N) is 1. The number of ether oxygens (including phenoxy) is 2. The van der Waals surface area contributed by atoms with Gasteiger partial charge in [0.1, 0.15) is 6.61 Å². The van der Waals surface area contributed by atoms with Crippen LogP contribution in [-0.2, 0) is 22.6 Å². The van der Waals surface area contributed by atoms with Gasteiger partial charge in [-0.3, -0.25) is 14.7 Å². The number of nitrogens with zero attached hydrogens (tertiary/aromatic N) is 5. The summed E-state index contributed by atoms with van der Waals surface area (Å²) in [5.74, 6) is 0.714. The van der Waals surface area contributed by atoms with Crippen LogP contribution in [0.4, 0.5) is 0 Å². The highest BCUT2D eigenvalue weighted by molar-refractivity contribution is 5.91. The lowest BCUT2D eigenvalue weighted by atomic mass is 10.2. The molecule has 4 aromatic heterocycles. The van der Waals surface area contributed by atoms with E-state index in [0.29, 0.717) is 34.2 Å². The van der Waals surface area contributed by atoms with Crippen LogP contribution in [0.15, 0.2) is 40.2 Å². The van der Waals surface area contributed by atoms with Gasteiger partial charge in [-0.15, -0.1) is 5.10 Å². The fraction of sp³-hybridized carbons (Fsp3) is 0.350. The van der Waals surface area contributed by atoms with Gasteiger partial charge in [0.15, 0.2) is 5.82 Å². The van der Waals surface area contributed by atoms with Gasteiger partial charge in [0.05, 0.1) is 34.5 Å². The molecule has 0 aromatic carbocycles. The quantitative estimate of drug-likeness (QED) is 0.492. The van der Waals surface area contributed by atoms with Crippen molar-refractivity contribution in [3.8, 4) is 5.95 Å². The highest BCUT2D eigenvalue weighted by atomic mass is 16.5. The Kier molecular flexibility index (Phi) is 4.64. The van der Waals surface area contributed by atoms with E-state index in [-0.39, 0.29) is 29.8 Å². The molecular weight excluding hydrogens is 388 g/mol. The number of fused-ring (bicyclic) bond motifs is 2. The number of rotatable bonds is 5. The van der Waals surface area contributed by atoms with Gasteiger partial charge < -0.3 is 14.0 Å². The summed E-state index contributed by atoms with van der Waals surface area (Å²) in [6.45, 7) is 1.48. The summed E-state index contributed by atoms with van der Waals surface area (Å²) in [5.41, 5.74) is 0.521. The first-order chi connectivity index (χ1) is 14.6. The Morgan fingerprint density at radius 2 is 1.97 bits per heavy atom. The maximum Gasteiger partial charge on any atom is 0.267 e. The molecule has 1 aliphatic rings. The molecule has 0 radical (unpaired) electrons. The lowest BCUT2D eigenvalue weighted by Crippen LogP contribution is -2.26. The van der Waals surface area contributed by atoms with E-state index in [1.807, 2.05) is 0 Å². The minimum Gasteiger partial charge on any atom is -0.377 e. The minimum absolute atomic E-state index is 0.0397. The molecule has 0 amide bonds. The second-order valence-corrected chi connectivity index (χ2v) is 7.27. The summed E-state index contributed by atoms with van der Waals surface area (Å²) >= 11 is 0. The van der Waals surface area contributed by atoms with Crippen molar-refractivity contribution >= 4 is 21.8 Å². The van der Waals surface area contributed by atoms with Crippen LogP contribution in [0, 0.1) is 0 Å². The van der Waals surface area contributed by atoms with E-state index >= 15 is 0 Å². The van der Waals surface area contributed by atoms with Crippen LogP contribution in [0.5, 0.6) is 0 Å². The van der Waals surface area contributed by atoms with Crippen LogP contribution in [0.2, 0.25) is 0 Å². The standard InChI is InChI=1S/C20H20N6O4/c1-29-11-17-22-20(24-23-17)26-7-5-16-14(19(26)28)9-13-15(21-16)4-6-25(18(13)27)10-12-3-2-8-30-12/h4-7,9,12H,2-3,8,10-11H2,1H3,(H,22,23,24). The van der Waals surface area contributed by atoms with Crippen LogP contribution in [0.1, 0.15) is 18.7 Å².